The second kappa shape index (κ2) is 7.63. The first kappa shape index (κ1) is 22.0. The normalized spacial score (nSPS) is 15.1. The zero-order chi connectivity index (χ0) is 26.0. The van der Waals surface area contributed by atoms with Gasteiger partial charge in [-0.3, -0.25) is 4.98 Å². The summed E-state index contributed by atoms with van der Waals surface area (Å²) >= 11 is 0. The predicted octanol–water partition coefficient (Wildman–Crippen LogP) is 2.66. The van der Waals surface area contributed by atoms with Gasteiger partial charge in [-0.1, -0.05) is 111 Å². The van der Waals surface area contributed by atoms with Crippen LogP contribution in [-0.4, -0.2) is 18.4 Å². The Hall–Kier alpha value is -3.84. The van der Waals surface area contributed by atoms with Crippen LogP contribution in [0.25, 0.3) is 0 Å². The van der Waals surface area contributed by atoms with E-state index >= 15 is 0 Å². The second-order valence-corrected chi connectivity index (χ2v) is 12.5. The number of fused-ring (bicyclic) bond motifs is 8. The lowest BCUT2D eigenvalue weighted by atomic mass is 9.28. The van der Waals surface area contributed by atoms with E-state index in [1.54, 1.807) is 10.9 Å². The molecule has 0 fully saturated rings. The number of hydrogen-bond acceptors (Lipinski definition) is 1. The molecule has 1 aromatic heterocycles. The van der Waals surface area contributed by atoms with Crippen LogP contribution in [0.2, 0.25) is 0 Å². The first-order valence-electron chi connectivity index (χ1n) is 14.5. The van der Waals surface area contributed by atoms with Crippen LogP contribution in [0.5, 0.6) is 0 Å². The summed E-state index contributed by atoms with van der Waals surface area (Å²) in [5.41, 5.74) is 24.6. The molecule has 0 atom stereocenters. The monoisotopic (exact) mass is 497 g/mol. The van der Waals surface area contributed by atoms with E-state index < -0.39 is 0 Å². The van der Waals surface area contributed by atoms with E-state index in [2.05, 4.69) is 93.6 Å². The summed E-state index contributed by atoms with van der Waals surface area (Å²) in [5, 5.41) is 0. The van der Waals surface area contributed by atoms with E-state index in [9.17, 15) is 0 Å². The molecule has 39 heavy (non-hydrogen) atoms. The van der Waals surface area contributed by atoms with Gasteiger partial charge in [0.25, 0.3) is 0 Å². The zero-order valence-corrected chi connectivity index (χ0v) is 22.9. The number of aryl methyl sites for hydroxylation is 3. The second-order valence-electron chi connectivity index (χ2n) is 12.5. The maximum atomic E-state index is 5.58. The lowest BCUT2D eigenvalue weighted by molar-refractivity contribution is 0.996. The third-order valence-electron chi connectivity index (χ3n) is 9.89. The molecular formula is C36H29B2N. The van der Waals surface area contributed by atoms with Crippen molar-refractivity contribution in [3.05, 3.63) is 134 Å². The lowest BCUT2D eigenvalue weighted by Crippen LogP contribution is -2.65. The van der Waals surface area contributed by atoms with E-state index in [0.717, 1.165) is 25.7 Å². The largest absolute Gasteiger partial charge is 0.258 e. The molecule has 5 heterocycles. The first-order chi connectivity index (χ1) is 19.0. The Balaban J connectivity index is 1.32. The summed E-state index contributed by atoms with van der Waals surface area (Å²) in [6.07, 6.45) is 3.96. The van der Waals surface area contributed by atoms with E-state index in [0.29, 0.717) is 0 Å². The topological polar surface area (TPSA) is 12.9 Å². The average molecular weight is 497 g/mol. The Morgan fingerprint density at radius 2 is 0.974 bits per heavy atom. The molecular weight excluding hydrogens is 468 g/mol. The molecule has 1 nitrogen and oxygen atoms in total. The minimum Gasteiger partial charge on any atom is -0.258 e. The van der Waals surface area contributed by atoms with Gasteiger partial charge in [0.05, 0.1) is 0 Å². The minimum atomic E-state index is 0.277. The minimum absolute atomic E-state index is 0.277. The van der Waals surface area contributed by atoms with E-state index in [1.807, 2.05) is 0 Å². The van der Waals surface area contributed by atoms with Gasteiger partial charge in [0, 0.05) is 24.2 Å². The summed E-state index contributed by atoms with van der Waals surface area (Å²) in [4.78, 5) is 5.58. The van der Waals surface area contributed by atoms with Crippen molar-refractivity contribution in [3.8, 4) is 0 Å². The molecule has 0 aliphatic carbocycles. The van der Waals surface area contributed by atoms with E-state index in [-0.39, 0.29) is 13.4 Å². The van der Waals surface area contributed by atoms with Gasteiger partial charge in [0.2, 0.25) is 13.4 Å². The highest BCUT2D eigenvalue weighted by molar-refractivity contribution is 6.99. The fraction of sp³-hybridized carbons (Fsp3) is 0.194. The van der Waals surface area contributed by atoms with Crippen molar-refractivity contribution in [2.75, 3.05) is 0 Å². The smallest absolute Gasteiger partial charge is 0.244 e. The number of hydrogen-bond donors (Lipinski definition) is 0. The maximum absolute atomic E-state index is 5.58. The van der Waals surface area contributed by atoms with Crippen LogP contribution >= 0.6 is 0 Å². The average Bonchev–Trinajstić information content (AvgIpc) is 2.91. The molecule has 4 aliphatic rings. The third-order valence-corrected chi connectivity index (χ3v) is 9.89. The Labute approximate surface area is 231 Å². The Morgan fingerprint density at radius 3 is 1.62 bits per heavy atom. The third kappa shape index (κ3) is 3.02. The molecule has 0 spiro atoms. The Kier molecular flexibility index (Phi) is 4.31. The fourth-order valence-electron chi connectivity index (χ4n) is 8.52. The van der Waals surface area contributed by atoms with Crippen LogP contribution in [0.4, 0.5) is 0 Å². The van der Waals surface area contributed by atoms with Gasteiger partial charge in [-0.05, 0) is 77.9 Å². The molecule has 4 aliphatic heterocycles. The van der Waals surface area contributed by atoms with Crippen LogP contribution in [-0.2, 0) is 25.7 Å². The molecule has 0 amide bonds. The van der Waals surface area contributed by atoms with Crippen molar-refractivity contribution < 1.29 is 0 Å². The predicted molar refractivity (Wildman–Crippen MR) is 165 cm³/mol. The molecule has 4 aromatic carbocycles. The standard InChI is InChI=1S/C36H29B2N/c1-20-8-9-30-24(10-20)16-26-12-22(3)14-28-18-34-32(38(30)36(26)28)19-31-33(39-34)17-27-13-21(2)11-25-15-23-6-4-5-7-29(23)37(31)35(25)27/h4-14,19H,15-18H2,1-3H3. The maximum Gasteiger partial charge on any atom is 0.244 e. The van der Waals surface area contributed by atoms with Gasteiger partial charge in [0.15, 0.2) is 0 Å². The SMILES string of the molecule is Cc1ccc2c(c1)Cc1cc(C)cc3c1B2c1cc2c(nc1C3)Cc1cc(C)cc3c1B2c1ccccc1C3. The molecule has 0 radical (unpaired) electrons. The molecule has 0 unspecified atom stereocenters. The van der Waals surface area contributed by atoms with Crippen molar-refractivity contribution in [1.29, 1.82) is 0 Å². The number of pyridine rings is 1. The van der Waals surface area contributed by atoms with Crippen molar-refractivity contribution in [1.82, 2.24) is 4.98 Å². The van der Waals surface area contributed by atoms with Gasteiger partial charge in [-0.2, -0.15) is 0 Å². The number of rotatable bonds is 0. The van der Waals surface area contributed by atoms with Crippen LogP contribution in [0, 0.1) is 20.8 Å². The van der Waals surface area contributed by atoms with Crippen molar-refractivity contribution in [3.63, 3.8) is 0 Å². The highest BCUT2D eigenvalue weighted by Gasteiger charge is 2.42. The highest BCUT2D eigenvalue weighted by atomic mass is 14.7. The van der Waals surface area contributed by atoms with Gasteiger partial charge in [0.1, 0.15) is 0 Å². The lowest BCUT2D eigenvalue weighted by Gasteiger charge is -2.37. The first-order valence-corrected chi connectivity index (χ1v) is 14.5. The van der Waals surface area contributed by atoms with E-state index in [1.165, 1.54) is 83.3 Å². The summed E-state index contributed by atoms with van der Waals surface area (Å²) in [6.45, 7) is 7.29. The van der Waals surface area contributed by atoms with Crippen LogP contribution in [0.3, 0.4) is 0 Å². The molecule has 0 bridgehead atoms. The zero-order valence-electron chi connectivity index (χ0n) is 22.9. The quantitative estimate of drug-likeness (QED) is 0.294. The van der Waals surface area contributed by atoms with Crippen LogP contribution < -0.4 is 32.8 Å². The van der Waals surface area contributed by atoms with Gasteiger partial charge < -0.3 is 0 Å². The highest BCUT2D eigenvalue weighted by Crippen LogP contribution is 2.27. The Morgan fingerprint density at radius 1 is 0.462 bits per heavy atom. The number of aromatic nitrogens is 1. The van der Waals surface area contributed by atoms with E-state index in [4.69, 9.17) is 4.98 Å². The molecule has 0 N–H and O–H groups in total. The molecule has 184 valence electrons. The van der Waals surface area contributed by atoms with Crippen molar-refractivity contribution >= 4 is 46.2 Å². The van der Waals surface area contributed by atoms with Crippen molar-refractivity contribution in [2.45, 2.75) is 46.5 Å². The van der Waals surface area contributed by atoms with Crippen molar-refractivity contribution in [2.24, 2.45) is 0 Å². The number of nitrogens with zero attached hydrogens (tertiary/aromatic N) is 1. The summed E-state index contributed by atoms with van der Waals surface area (Å²) < 4.78 is 0. The van der Waals surface area contributed by atoms with Crippen LogP contribution in [0.1, 0.15) is 61.5 Å². The summed E-state index contributed by atoms with van der Waals surface area (Å²) in [7, 11) is 0. The summed E-state index contributed by atoms with van der Waals surface area (Å²) in [5.74, 6) is 0. The van der Waals surface area contributed by atoms with Gasteiger partial charge in [-0.25, -0.2) is 0 Å². The van der Waals surface area contributed by atoms with Gasteiger partial charge >= 0.3 is 0 Å². The molecule has 3 heteroatoms. The van der Waals surface area contributed by atoms with Crippen LogP contribution in [0.15, 0.2) is 72.8 Å². The summed E-state index contributed by atoms with van der Waals surface area (Å²) in [6, 6.07) is 28.6. The fourth-order valence-corrected chi connectivity index (χ4v) is 8.52. The molecule has 0 saturated carbocycles. The number of benzene rings is 4. The molecule has 9 rings (SSSR count). The Bertz CT molecular complexity index is 1920. The van der Waals surface area contributed by atoms with Gasteiger partial charge in [-0.15, -0.1) is 0 Å². The molecule has 5 aromatic rings. The molecule has 0 saturated heterocycles.